The molecule has 1 aromatic heterocycles. The van der Waals surface area contributed by atoms with Gasteiger partial charge in [0.05, 0.1) is 47.2 Å². The summed E-state index contributed by atoms with van der Waals surface area (Å²) in [6, 6.07) is 19.0. The Morgan fingerprint density at radius 3 is 2.46 bits per heavy atom. The number of benzene rings is 2. The number of likely N-dealkylation sites (tertiary alicyclic amines) is 1. The molecule has 256 valence electrons. The Bertz CT molecular complexity index is 1620. The van der Waals surface area contributed by atoms with E-state index in [1.54, 1.807) is 25.2 Å². The van der Waals surface area contributed by atoms with Gasteiger partial charge in [0, 0.05) is 24.6 Å². The van der Waals surface area contributed by atoms with Crippen LogP contribution in [0.5, 0.6) is 11.5 Å². The maximum Gasteiger partial charge on any atom is 0.320 e. The molecule has 2 amide bonds. The number of amides is 2. The molecule has 4 atom stereocenters. The number of methoxy groups -OCH3 is 3. The van der Waals surface area contributed by atoms with Crippen LogP contribution in [0.3, 0.4) is 0 Å². The SMILES string of the molecule is COC(=O)[C@]12C[C@H](CC(=O)NCc3ccc(C)o3)C(=O)N(CCc3ccc(OC)c(OC)c3)C1=C[C@H](COCc1ccccc1)O[C@@H]2C. The average Bonchev–Trinajstić information content (AvgIpc) is 3.52. The second kappa shape index (κ2) is 15.5. The van der Waals surface area contributed by atoms with Gasteiger partial charge in [-0.25, -0.2) is 0 Å². The molecule has 0 saturated carbocycles. The van der Waals surface area contributed by atoms with Gasteiger partial charge in [-0.15, -0.1) is 0 Å². The summed E-state index contributed by atoms with van der Waals surface area (Å²) in [5.41, 5.74) is 1.11. The number of aryl methyl sites for hydroxylation is 1. The number of carbonyl (C=O) groups is 3. The number of fused-ring (bicyclic) bond motifs is 1. The third-order valence-corrected chi connectivity index (χ3v) is 9.05. The Morgan fingerprint density at radius 1 is 1.00 bits per heavy atom. The largest absolute Gasteiger partial charge is 0.493 e. The molecule has 3 aromatic rings. The Labute approximate surface area is 281 Å². The highest BCUT2D eigenvalue weighted by atomic mass is 16.6. The van der Waals surface area contributed by atoms with E-state index in [2.05, 4.69) is 5.32 Å². The smallest absolute Gasteiger partial charge is 0.320 e. The van der Waals surface area contributed by atoms with Gasteiger partial charge < -0.3 is 38.3 Å². The molecule has 2 aliphatic rings. The van der Waals surface area contributed by atoms with Gasteiger partial charge in [0.1, 0.15) is 23.0 Å². The van der Waals surface area contributed by atoms with Gasteiger partial charge in [-0.05, 0) is 68.2 Å². The van der Waals surface area contributed by atoms with Crippen LogP contribution >= 0.6 is 0 Å². The summed E-state index contributed by atoms with van der Waals surface area (Å²) in [6.07, 6.45) is 0.996. The lowest BCUT2D eigenvalue weighted by atomic mass is 9.66. The minimum absolute atomic E-state index is 0.0588. The molecule has 11 heteroatoms. The molecule has 2 aliphatic heterocycles. The maximum absolute atomic E-state index is 14.3. The Morgan fingerprint density at radius 2 is 1.77 bits per heavy atom. The lowest BCUT2D eigenvalue weighted by Crippen LogP contribution is -2.60. The van der Waals surface area contributed by atoms with E-state index in [0.717, 1.165) is 16.9 Å². The van der Waals surface area contributed by atoms with E-state index in [9.17, 15) is 14.4 Å². The molecule has 0 spiro atoms. The summed E-state index contributed by atoms with van der Waals surface area (Å²) < 4.78 is 34.3. The van der Waals surface area contributed by atoms with E-state index in [0.29, 0.717) is 36.0 Å². The summed E-state index contributed by atoms with van der Waals surface area (Å²) in [6.45, 7) is 4.67. The first-order valence-electron chi connectivity index (χ1n) is 16.1. The van der Waals surface area contributed by atoms with E-state index >= 15 is 0 Å². The molecule has 1 N–H and O–H groups in total. The number of hydrogen-bond donors (Lipinski definition) is 1. The fraction of sp³-hybridized carbons (Fsp3) is 0.432. The molecular weight excluding hydrogens is 616 g/mol. The predicted octanol–water partition coefficient (Wildman–Crippen LogP) is 4.75. The minimum Gasteiger partial charge on any atom is -0.493 e. The van der Waals surface area contributed by atoms with Crippen LogP contribution in [-0.4, -0.2) is 69.4 Å². The number of nitrogens with zero attached hydrogens (tertiary/aromatic N) is 1. The standard InChI is InChI=1S/C37H44N2O9/c1-24-11-13-29(47-24)21-38-34(40)18-28-20-37(36(42)45-5)25(2)48-30(23-46-22-27-9-7-6-8-10-27)19-33(37)39(35(28)41)16-15-26-12-14-31(43-3)32(17-26)44-4/h6-14,17,19,25,28,30H,15-16,18,20-23H2,1-5H3,(H,38,40)/t25-,28+,30-,37+/m1/s1. The molecule has 5 rings (SSSR count). The highest BCUT2D eigenvalue weighted by molar-refractivity contribution is 5.92. The first-order chi connectivity index (χ1) is 23.2. The van der Waals surface area contributed by atoms with Crippen molar-refractivity contribution < 1.29 is 42.5 Å². The van der Waals surface area contributed by atoms with Crippen molar-refractivity contribution >= 4 is 17.8 Å². The van der Waals surface area contributed by atoms with Crippen LogP contribution in [0.1, 0.15) is 42.4 Å². The van der Waals surface area contributed by atoms with Crippen molar-refractivity contribution in [3.05, 3.63) is 95.1 Å². The van der Waals surface area contributed by atoms with Crippen LogP contribution in [-0.2, 0) is 48.2 Å². The zero-order valence-corrected chi connectivity index (χ0v) is 28.2. The first kappa shape index (κ1) is 34.7. The predicted molar refractivity (Wildman–Crippen MR) is 176 cm³/mol. The summed E-state index contributed by atoms with van der Waals surface area (Å²) in [5, 5.41) is 2.85. The van der Waals surface area contributed by atoms with Crippen LogP contribution in [0.15, 0.2) is 76.9 Å². The van der Waals surface area contributed by atoms with E-state index in [-0.39, 0.29) is 44.4 Å². The first-order valence-corrected chi connectivity index (χ1v) is 16.1. The molecule has 1 saturated heterocycles. The van der Waals surface area contributed by atoms with Gasteiger partial charge in [0.15, 0.2) is 11.5 Å². The molecule has 48 heavy (non-hydrogen) atoms. The topological polar surface area (TPSA) is 126 Å². The second-order valence-corrected chi connectivity index (χ2v) is 12.2. The fourth-order valence-corrected chi connectivity index (χ4v) is 6.59. The number of ether oxygens (including phenoxy) is 5. The normalized spacial score (nSPS) is 22.0. The van der Waals surface area contributed by atoms with Gasteiger partial charge in [0.25, 0.3) is 0 Å². The maximum atomic E-state index is 14.3. The number of carbonyl (C=O) groups excluding carboxylic acids is 3. The lowest BCUT2D eigenvalue weighted by molar-refractivity contribution is -0.178. The number of furan rings is 1. The van der Waals surface area contributed by atoms with E-state index in [1.165, 1.54) is 7.11 Å². The Hall–Kier alpha value is -4.61. The van der Waals surface area contributed by atoms with Gasteiger partial charge in [-0.3, -0.25) is 14.4 Å². The van der Waals surface area contributed by atoms with Crippen LogP contribution in [0.25, 0.3) is 0 Å². The third-order valence-electron chi connectivity index (χ3n) is 9.05. The van der Waals surface area contributed by atoms with Crippen molar-refractivity contribution in [2.75, 3.05) is 34.5 Å². The van der Waals surface area contributed by atoms with Crippen LogP contribution in [0, 0.1) is 18.3 Å². The lowest BCUT2D eigenvalue weighted by Gasteiger charge is -2.51. The summed E-state index contributed by atoms with van der Waals surface area (Å²) in [5.74, 6) is 0.607. The van der Waals surface area contributed by atoms with Crippen molar-refractivity contribution in [3.63, 3.8) is 0 Å². The van der Waals surface area contributed by atoms with Gasteiger partial charge in [-0.2, -0.15) is 0 Å². The summed E-state index contributed by atoms with van der Waals surface area (Å²) >= 11 is 0. The van der Waals surface area contributed by atoms with E-state index in [4.69, 9.17) is 28.1 Å². The third kappa shape index (κ3) is 7.58. The van der Waals surface area contributed by atoms with Crippen molar-refractivity contribution in [1.82, 2.24) is 10.2 Å². The summed E-state index contributed by atoms with van der Waals surface area (Å²) in [4.78, 5) is 43.0. The Kier molecular flexibility index (Phi) is 11.2. The summed E-state index contributed by atoms with van der Waals surface area (Å²) in [7, 11) is 4.46. The molecule has 1 fully saturated rings. The quantitative estimate of drug-likeness (QED) is 0.244. The number of piperidine rings is 1. The molecule has 2 aromatic carbocycles. The molecule has 3 heterocycles. The number of nitrogens with one attached hydrogen (secondary N) is 1. The number of hydrogen-bond acceptors (Lipinski definition) is 9. The monoisotopic (exact) mass is 660 g/mol. The number of rotatable bonds is 14. The molecular formula is C37H44N2O9. The highest BCUT2D eigenvalue weighted by Gasteiger charge is 2.59. The van der Waals surface area contributed by atoms with Crippen molar-refractivity contribution in [2.24, 2.45) is 11.3 Å². The number of esters is 1. The molecule has 0 unspecified atom stereocenters. The van der Waals surface area contributed by atoms with Crippen LogP contribution < -0.4 is 14.8 Å². The van der Waals surface area contributed by atoms with Crippen LogP contribution in [0.2, 0.25) is 0 Å². The molecule has 0 bridgehead atoms. The van der Waals surface area contributed by atoms with Gasteiger partial charge >= 0.3 is 5.97 Å². The van der Waals surface area contributed by atoms with Gasteiger partial charge in [0.2, 0.25) is 11.8 Å². The fourth-order valence-electron chi connectivity index (χ4n) is 6.59. The van der Waals surface area contributed by atoms with E-state index in [1.807, 2.05) is 74.5 Å². The molecule has 0 aliphatic carbocycles. The van der Waals surface area contributed by atoms with Crippen molar-refractivity contribution in [1.29, 1.82) is 0 Å². The second-order valence-electron chi connectivity index (χ2n) is 12.2. The molecule has 11 nitrogen and oxygen atoms in total. The Balaban J connectivity index is 1.43. The highest BCUT2D eigenvalue weighted by Crippen LogP contribution is 2.50. The zero-order chi connectivity index (χ0) is 34.3. The van der Waals surface area contributed by atoms with Crippen molar-refractivity contribution in [3.8, 4) is 11.5 Å². The minimum atomic E-state index is -1.32. The van der Waals surface area contributed by atoms with Gasteiger partial charge in [-0.1, -0.05) is 36.4 Å². The van der Waals surface area contributed by atoms with Crippen LogP contribution in [0.4, 0.5) is 0 Å². The zero-order valence-electron chi connectivity index (χ0n) is 28.2. The van der Waals surface area contributed by atoms with E-state index < -0.39 is 29.5 Å². The average molecular weight is 661 g/mol. The molecule has 0 radical (unpaired) electrons. The van der Waals surface area contributed by atoms with Crippen molar-refractivity contribution in [2.45, 2.75) is 58.5 Å².